The highest BCUT2D eigenvalue weighted by molar-refractivity contribution is 5.92. The number of hydrogen-bond donors (Lipinski definition) is 0. The fourth-order valence-electron chi connectivity index (χ4n) is 2.71. The molecule has 6 nitrogen and oxygen atoms in total. The van der Waals surface area contributed by atoms with Crippen LogP contribution in [0.4, 0.5) is 5.69 Å². The van der Waals surface area contributed by atoms with Gasteiger partial charge in [-0.1, -0.05) is 0 Å². The van der Waals surface area contributed by atoms with E-state index in [-0.39, 0.29) is 5.91 Å². The molecule has 1 aromatic carbocycles. The van der Waals surface area contributed by atoms with Gasteiger partial charge in [0, 0.05) is 45.1 Å². The van der Waals surface area contributed by atoms with Gasteiger partial charge in [-0.2, -0.15) is 5.10 Å². The van der Waals surface area contributed by atoms with Crippen molar-refractivity contribution in [2.75, 3.05) is 38.2 Å². The minimum absolute atomic E-state index is 0.0504. The molecule has 2 heterocycles. The van der Waals surface area contributed by atoms with Crippen LogP contribution in [0.3, 0.4) is 0 Å². The van der Waals surface area contributed by atoms with Crippen LogP contribution in [0.15, 0.2) is 36.5 Å². The number of nitrogens with zero attached hydrogens (tertiary/aromatic N) is 4. The third-order valence-electron chi connectivity index (χ3n) is 4.04. The number of amides is 1. The molecule has 0 aliphatic carbocycles. The molecular weight excluding hydrogens is 280 g/mol. The van der Waals surface area contributed by atoms with Gasteiger partial charge in [-0.05, 0) is 30.3 Å². The first-order chi connectivity index (χ1) is 10.7. The Kier molecular flexibility index (Phi) is 4.00. The number of aryl methyl sites for hydroxylation is 1. The largest absolute Gasteiger partial charge is 0.497 e. The Balaban J connectivity index is 1.62. The average molecular weight is 300 g/mol. The van der Waals surface area contributed by atoms with Gasteiger partial charge in [0.25, 0.3) is 5.91 Å². The van der Waals surface area contributed by atoms with Gasteiger partial charge in [-0.3, -0.25) is 9.48 Å². The molecule has 0 saturated carbocycles. The SMILES string of the molecule is COc1ccc(N2CCN(C(=O)c3ccnn3C)CC2)cc1. The molecule has 1 fully saturated rings. The molecular formula is C16H20N4O2. The number of methoxy groups -OCH3 is 1. The first-order valence-electron chi connectivity index (χ1n) is 7.35. The molecule has 1 amide bonds. The predicted octanol–water partition coefficient (Wildman–Crippen LogP) is 1.39. The molecule has 0 bridgehead atoms. The zero-order chi connectivity index (χ0) is 15.5. The number of anilines is 1. The van der Waals surface area contributed by atoms with Gasteiger partial charge in [0.05, 0.1) is 7.11 Å². The van der Waals surface area contributed by atoms with Gasteiger partial charge in [-0.25, -0.2) is 0 Å². The minimum Gasteiger partial charge on any atom is -0.497 e. The zero-order valence-corrected chi connectivity index (χ0v) is 12.9. The lowest BCUT2D eigenvalue weighted by Crippen LogP contribution is -2.49. The van der Waals surface area contributed by atoms with Crippen molar-refractivity contribution in [2.45, 2.75) is 0 Å². The van der Waals surface area contributed by atoms with Crippen molar-refractivity contribution in [1.29, 1.82) is 0 Å². The molecule has 1 saturated heterocycles. The summed E-state index contributed by atoms with van der Waals surface area (Å²) in [6.45, 7) is 3.10. The molecule has 1 aliphatic rings. The highest BCUT2D eigenvalue weighted by Gasteiger charge is 2.23. The number of aromatic nitrogens is 2. The molecule has 0 radical (unpaired) electrons. The van der Waals surface area contributed by atoms with E-state index in [1.165, 1.54) is 0 Å². The lowest BCUT2D eigenvalue weighted by atomic mass is 10.2. The summed E-state index contributed by atoms with van der Waals surface area (Å²) in [6.07, 6.45) is 1.65. The molecule has 0 atom stereocenters. The van der Waals surface area contributed by atoms with E-state index >= 15 is 0 Å². The normalized spacial score (nSPS) is 15.0. The molecule has 3 rings (SSSR count). The van der Waals surface area contributed by atoms with Crippen LogP contribution in [-0.4, -0.2) is 53.9 Å². The summed E-state index contributed by atoms with van der Waals surface area (Å²) in [5, 5.41) is 4.06. The third kappa shape index (κ3) is 2.77. The molecule has 0 unspecified atom stereocenters. The van der Waals surface area contributed by atoms with Gasteiger partial charge in [0.2, 0.25) is 0 Å². The van der Waals surface area contributed by atoms with Crippen molar-refractivity contribution in [3.05, 3.63) is 42.2 Å². The molecule has 1 aliphatic heterocycles. The molecule has 22 heavy (non-hydrogen) atoms. The summed E-state index contributed by atoms with van der Waals surface area (Å²) in [4.78, 5) is 16.6. The Morgan fingerprint density at radius 3 is 2.32 bits per heavy atom. The van der Waals surface area contributed by atoms with Crippen LogP contribution in [0.1, 0.15) is 10.5 Å². The van der Waals surface area contributed by atoms with E-state index in [0.29, 0.717) is 5.69 Å². The number of carbonyl (C=O) groups excluding carboxylic acids is 1. The predicted molar refractivity (Wildman–Crippen MR) is 84.3 cm³/mol. The second kappa shape index (κ2) is 6.09. The lowest BCUT2D eigenvalue weighted by molar-refractivity contribution is 0.0735. The number of benzene rings is 1. The van der Waals surface area contributed by atoms with Crippen LogP contribution in [-0.2, 0) is 7.05 Å². The van der Waals surface area contributed by atoms with Gasteiger partial charge in [0.1, 0.15) is 11.4 Å². The minimum atomic E-state index is 0.0504. The summed E-state index contributed by atoms with van der Waals surface area (Å²) in [5.41, 5.74) is 1.80. The molecule has 1 aromatic heterocycles. The van der Waals surface area contributed by atoms with Gasteiger partial charge >= 0.3 is 0 Å². The molecule has 0 N–H and O–H groups in total. The number of ether oxygens (including phenoxy) is 1. The van der Waals surface area contributed by atoms with Crippen molar-refractivity contribution in [2.24, 2.45) is 7.05 Å². The van der Waals surface area contributed by atoms with E-state index in [2.05, 4.69) is 22.1 Å². The second-order valence-corrected chi connectivity index (χ2v) is 5.32. The van der Waals surface area contributed by atoms with E-state index in [9.17, 15) is 4.79 Å². The summed E-state index contributed by atoms with van der Waals surface area (Å²) in [5.74, 6) is 0.906. The maximum Gasteiger partial charge on any atom is 0.272 e. The zero-order valence-electron chi connectivity index (χ0n) is 12.9. The number of piperazine rings is 1. The standard InChI is InChI=1S/C16H20N4O2/c1-18-15(7-8-17-18)16(21)20-11-9-19(10-12-20)13-3-5-14(22-2)6-4-13/h3-8H,9-12H2,1-2H3. The molecule has 0 spiro atoms. The van der Waals surface area contributed by atoms with E-state index in [4.69, 9.17) is 4.74 Å². The molecule has 6 heteroatoms. The van der Waals surface area contributed by atoms with Gasteiger partial charge < -0.3 is 14.5 Å². The van der Waals surface area contributed by atoms with Gasteiger partial charge in [-0.15, -0.1) is 0 Å². The Morgan fingerprint density at radius 1 is 1.09 bits per heavy atom. The topological polar surface area (TPSA) is 50.6 Å². The maximum atomic E-state index is 12.4. The first-order valence-corrected chi connectivity index (χ1v) is 7.35. The van der Waals surface area contributed by atoms with Gasteiger partial charge in [0.15, 0.2) is 0 Å². The molecule has 116 valence electrons. The van der Waals surface area contributed by atoms with E-state index in [0.717, 1.165) is 37.6 Å². The smallest absolute Gasteiger partial charge is 0.272 e. The summed E-state index contributed by atoms with van der Waals surface area (Å²) < 4.78 is 6.80. The van der Waals surface area contributed by atoms with Crippen LogP contribution in [0, 0.1) is 0 Å². The number of hydrogen-bond acceptors (Lipinski definition) is 4. The van der Waals surface area contributed by atoms with Crippen LogP contribution < -0.4 is 9.64 Å². The monoisotopic (exact) mass is 300 g/mol. The summed E-state index contributed by atoms with van der Waals surface area (Å²) >= 11 is 0. The summed E-state index contributed by atoms with van der Waals surface area (Å²) in [6, 6.07) is 9.79. The van der Waals surface area contributed by atoms with Crippen LogP contribution in [0.2, 0.25) is 0 Å². The van der Waals surface area contributed by atoms with Crippen molar-refractivity contribution in [3.63, 3.8) is 0 Å². The van der Waals surface area contributed by atoms with E-state index in [1.807, 2.05) is 17.0 Å². The Hall–Kier alpha value is -2.50. The van der Waals surface area contributed by atoms with Crippen molar-refractivity contribution in [3.8, 4) is 5.75 Å². The quantitative estimate of drug-likeness (QED) is 0.859. The number of carbonyl (C=O) groups is 1. The fourth-order valence-corrected chi connectivity index (χ4v) is 2.71. The van der Waals surface area contributed by atoms with Crippen LogP contribution in [0.25, 0.3) is 0 Å². The van der Waals surface area contributed by atoms with Crippen LogP contribution >= 0.6 is 0 Å². The third-order valence-corrected chi connectivity index (χ3v) is 4.04. The Labute approximate surface area is 129 Å². The maximum absolute atomic E-state index is 12.4. The Bertz CT molecular complexity index is 642. The van der Waals surface area contributed by atoms with Crippen molar-refractivity contribution >= 4 is 11.6 Å². The molecule has 2 aromatic rings. The Morgan fingerprint density at radius 2 is 1.77 bits per heavy atom. The fraction of sp³-hybridized carbons (Fsp3) is 0.375. The highest BCUT2D eigenvalue weighted by Crippen LogP contribution is 2.20. The average Bonchev–Trinajstić information content (AvgIpc) is 3.00. The first kappa shape index (κ1) is 14.4. The van der Waals surface area contributed by atoms with Crippen molar-refractivity contribution < 1.29 is 9.53 Å². The lowest BCUT2D eigenvalue weighted by Gasteiger charge is -2.36. The van der Waals surface area contributed by atoms with E-state index < -0.39 is 0 Å². The van der Waals surface area contributed by atoms with E-state index in [1.54, 1.807) is 31.1 Å². The number of rotatable bonds is 3. The van der Waals surface area contributed by atoms with Crippen LogP contribution in [0.5, 0.6) is 5.75 Å². The van der Waals surface area contributed by atoms with Crippen molar-refractivity contribution in [1.82, 2.24) is 14.7 Å². The second-order valence-electron chi connectivity index (χ2n) is 5.32. The highest BCUT2D eigenvalue weighted by atomic mass is 16.5. The summed E-state index contributed by atoms with van der Waals surface area (Å²) in [7, 11) is 3.46.